The minimum Gasteiger partial charge on any atom is -0.496 e. The number of ether oxygens (including phenoxy) is 1. The smallest absolute Gasteiger partial charge is 0.251 e. The highest BCUT2D eigenvalue weighted by atomic mass is 16.5. The first-order valence-corrected chi connectivity index (χ1v) is 11.4. The topological polar surface area (TPSA) is 82.1 Å². The fraction of sp³-hybridized carbons (Fsp3) is 0.385. The fourth-order valence-electron chi connectivity index (χ4n) is 4.49. The summed E-state index contributed by atoms with van der Waals surface area (Å²) in [6.45, 7) is 2.61. The van der Waals surface area contributed by atoms with Gasteiger partial charge in [0.2, 0.25) is 5.91 Å². The standard InChI is InChI=1S/C26H31N3O4/c1-28-23-8-7-19(15-20(23)16-25(28)31)26(32)27-12-9-21(30)17-29-13-10-18(11-14-29)22-5-3-4-6-24(22)33-2/h3-8,10,15,21,30H,9,11-14,16-17H2,1-2H3,(H,27,32)/t21-/m1/s1. The second-order valence-corrected chi connectivity index (χ2v) is 8.61. The van der Waals surface area contributed by atoms with Gasteiger partial charge in [-0.1, -0.05) is 24.3 Å². The molecule has 0 aromatic heterocycles. The van der Waals surface area contributed by atoms with Gasteiger partial charge in [-0.25, -0.2) is 0 Å². The zero-order chi connectivity index (χ0) is 23.4. The Bertz CT molecular complexity index is 1070. The lowest BCUT2D eigenvalue weighted by Gasteiger charge is -2.28. The number of hydrogen-bond donors (Lipinski definition) is 2. The van der Waals surface area contributed by atoms with Crippen LogP contribution in [0.2, 0.25) is 0 Å². The van der Waals surface area contributed by atoms with Crippen LogP contribution >= 0.6 is 0 Å². The summed E-state index contributed by atoms with van der Waals surface area (Å²) in [7, 11) is 3.43. The molecule has 2 heterocycles. The Hall–Kier alpha value is -3.16. The van der Waals surface area contributed by atoms with Crippen LogP contribution in [0.4, 0.5) is 5.69 Å². The molecule has 0 unspecified atom stereocenters. The van der Waals surface area contributed by atoms with Crippen LogP contribution in [0.5, 0.6) is 5.75 Å². The van der Waals surface area contributed by atoms with E-state index in [1.807, 2.05) is 24.3 Å². The molecule has 0 aliphatic carbocycles. The molecule has 2 aliphatic heterocycles. The van der Waals surface area contributed by atoms with Crippen molar-refractivity contribution in [1.29, 1.82) is 0 Å². The molecule has 7 heteroatoms. The predicted molar refractivity (Wildman–Crippen MR) is 129 cm³/mol. The summed E-state index contributed by atoms with van der Waals surface area (Å²) in [5, 5.41) is 13.3. The van der Waals surface area contributed by atoms with Gasteiger partial charge in [-0.3, -0.25) is 14.5 Å². The Morgan fingerprint density at radius 3 is 2.82 bits per heavy atom. The molecule has 4 rings (SSSR count). The number of nitrogens with zero attached hydrogens (tertiary/aromatic N) is 2. The molecule has 33 heavy (non-hydrogen) atoms. The van der Waals surface area contributed by atoms with Gasteiger partial charge < -0.3 is 20.1 Å². The van der Waals surface area contributed by atoms with Gasteiger partial charge in [-0.05, 0) is 48.2 Å². The van der Waals surface area contributed by atoms with Crippen LogP contribution in [0.25, 0.3) is 5.57 Å². The van der Waals surface area contributed by atoms with Crippen LogP contribution in [-0.2, 0) is 11.2 Å². The highest BCUT2D eigenvalue weighted by Crippen LogP contribution is 2.30. The molecule has 0 radical (unpaired) electrons. The molecule has 2 aromatic carbocycles. The van der Waals surface area contributed by atoms with Crippen molar-refractivity contribution < 1.29 is 19.4 Å². The largest absolute Gasteiger partial charge is 0.496 e. The third kappa shape index (κ3) is 5.26. The molecular weight excluding hydrogens is 418 g/mol. The molecule has 0 saturated carbocycles. The number of β-amino-alcohol motifs (C(OH)–C–C–N with tert-alkyl or cyclic N) is 1. The Labute approximate surface area is 194 Å². The maximum Gasteiger partial charge on any atom is 0.251 e. The van der Waals surface area contributed by atoms with Gasteiger partial charge >= 0.3 is 0 Å². The summed E-state index contributed by atoms with van der Waals surface area (Å²) in [4.78, 5) is 28.1. The molecule has 2 amide bonds. The lowest BCUT2D eigenvalue weighted by atomic mass is 9.98. The van der Waals surface area contributed by atoms with Gasteiger partial charge in [-0.2, -0.15) is 0 Å². The van der Waals surface area contributed by atoms with E-state index in [1.165, 1.54) is 5.57 Å². The van der Waals surface area contributed by atoms with Crippen molar-refractivity contribution in [1.82, 2.24) is 10.2 Å². The monoisotopic (exact) mass is 449 g/mol. The lowest BCUT2D eigenvalue weighted by Crippen LogP contribution is -2.37. The normalized spacial score (nSPS) is 16.9. The van der Waals surface area contributed by atoms with Crippen LogP contribution in [0.15, 0.2) is 48.5 Å². The Kier molecular flexibility index (Phi) is 7.11. The third-order valence-corrected chi connectivity index (χ3v) is 6.40. The number of carbonyl (C=O) groups excluding carboxylic acids is 2. The van der Waals surface area contributed by atoms with Gasteiger partial charge in [0, 0.05) is 50.0 Å². The van der Waals surface area contributed by atoms with E-state index in [0.29, 0.717) is 31.5 Å². The number of likely N-dealkylation sites (N-methyl/N-ethyl adjacent to an activating group) is 1. The van der Waals surface area contributed by atoms with Crippen molar-refractivity contribution in [3.8, 4) is 5.75 Å². The van der Waals surface area contributed by atoms with E-state index in [9.17, 15) is 14.7 Å². The highest BCUT2D eigenvalue weighted by molar-refractivity contribution is 6.03. The zero-order valence-corrected chi connectivity index (χ0v) is 19.2. The van der Waals surface area contributed by atoms with Crippen molar-refractivity contribution >= 4 is 23.1 Å². The van der Waals surface area contributed by atoms with E-state index in [-0.39, 0.29) is 11.8 Å². The first-order chi connectivity index (χ1) is 16.0. The first-order valence-electron chi connectivity index (χ1n) is 11.4. The number of fused-ring (bicyclic) bond motifs is 1. The van der Waals surface area contributed by atoms with Crippen molar-refractivity contribution in [2.45, 2.75) is 25.4 Å². The van der Waals surface area contributed by atoms with Crippen LogP contribution < -0.4 is 15.0 Å². The molecule has 1 atom stereocenters. The molecule has 0 bridgehead atoms. The summed E-state index contributed by atoms with van der Waals surface area (Å²) in [6.07, 6.45) is 3.40. The second kappa shape index (κ2) is 10.2. The van der Waals surface area contributed by atoms with Crippen LogP contribution in [0, 0.1) is 0 Å². The summed E-state index contributed by atoms with van der Waals surface area (Å²) < 4.78 is 5.47. The number of aliphatic hydroxyl groups is 1. The molecule has 0 fully saturated rings. The summed E-state index contributed by atoms with van der Waals surface area (Å²) in [6, 6.07) is 13.4. The summed E-state index contributed by atoms with van der Waals surface area (Å²) in [5.74, 6) is 0.734. The van der Waals surface area contributed by atoms with Gasteiger partial charge in [0.25, 0.3) is 5.91 Å². The minimum atomic E-state index is -0.516. The molecule has 2 aliphatic rings. The first kappa shape index (κ1) is 23.0. The number of rotatable bonds is 8. The minimum absolute atomic E-state index is 0.0354. The number of methoxy groups -OCH3 is 1. The van der Waals surface area contributed by atoms with E-state index in [4.69, 9.17) is 4.74 Å². The quantitative estimate of drug-likeness (QED) is 0.647. The van der Waals surface area contributed by atoms with Gasteiger partial charge in [0.15, 0.2) is 0 Å². The molecular formula is C26H31N3O4. The van der Waals surface area contributed by atoms with E-state index in [1.54, 1.807) is 31.2 Å². The van der Waals surface area contributed by atoms with Crippen molar-refractivity contribution in [2.24, 2.45) is 0 Å². The molecule has 174 valence electrons. The number of aliphatic hydroxyl groups excluding tert-OH is 1. The Balaban J connectivity index is 1.22. The SMILES string of the molecule is COc1ccccc1C1=CCN(C[C@H](O)CCNC(=O)c2ccc3c(c2)CC(=O)N3C)CC1. The third-order valence-electron chi connectivity index (χ3n) is 6.40. The number of anilines is 1. The van der Waals surface area contributed by atoms with Crippen molar-refractivity contribution in [3.05, 3.63) is 65.2 Å². The number of hydrogen-bond acceptors (Lipinski definition) is 5. The maximum absolute atomic E-state index is 12.5. The summed E-state index contributed by atoms with van der Waals surface area (Å²) >= 11 is 0. The number of benzene rings is 2. The van der Waals surface area contributed by atoms with E-state index >= 15 is 0 Å². The number of amides is 2. The Morgan fingerprint density at radius 2 is 2.06 bits per heavy atom. The van der Waals surface area contributed by atoms with E-state index < -0.39 is 6.10 Å². The van der Waals surface area contributed by atoms with E-state index in [2.05, 4.69) is 22.4 Å². The van der Waals surface area contributed by atoms with Crippen LogP contribution in [-0.4, -0.2) is 68.3 Å². The molecule has 2 N–H and O–H groups in total. The van der Waals surface area contributed by atoms with Gasteiger partial charge in [0.1, 0.15) is 5.75 Å². The lowest BCUT2D eigenvalue weighted by molar-refractivity contribution is -0.117. The zero-order valence-electron chi connectivity index (χ0n) is 19.2. The number of nitrogens with one attached hydrogen (secondary N) is 1. The average Bonchev–Trinajstić information content (AvgIpc) is 3.12. The Morgan fingerprint density at radius 1 is 1.24 bits per heavy atom. The van der Waals surface area contributed by atoms with Gasteiger partial charge in [0.05, 0.1) is 19.6 Å². The molecule has 2 aromatic rings. The molecule has 0 saturated heterocycles. The average molecular weight is 450 g/mol. The summed E-state index contributed by atoms with van der Waals surface area (Å²) in [5.41, 5.74) is 4.67. The number of carbonyl (C=O) groups is 2. The molecule has 7 nitrogen and oxygen atoms in total. The fourth-order valence-corrected chi connectivity index (χ4v) is 4.49. The second-order valence-electron chi connectivity index (χ2n) is 8.61. The van der Waals surface area contributed by atoms with Crippen LogP contribution in [0.1, 0.15) is 34.3 Å². The number of para-hydroxylation sites is 1. The molecule has 0 spiro atoms. The van der Waals surface area contributed by atoms with Crippen LogP contribution in [0.3, 0.4) is 0 Å². The highest BCUT2D eigenvalue weighted by Gasteiger charge is 2.25. The van der Waals surface area contributed by atoms with Crippen molar-refractivity contribution in [2.75, 3.05) is 45.2 Å². The predicted octanol–water partition coefficient (Wildman–Crippen LogP) is 2.48. The van der Waals surface area contributed by atoms with Crippen molar-refractivity contribution in [3.63, 3.8) is 0 Å². The van der Waals surface area contributed by atoms with E-state index in [0.717, 1.165) is 42.1 Å². The maximum atomic E-state index is 12.5. The van der Waals surface area contributed by atoms with Gasteiger partial charge in [-0.15, -0.1) is 0 Å².